The first-order valence-electron chi connectivity index (χ1n) is 6.09. The number of aryl methyl sites for hydroxylation is 1. The topological polar surface area (TPSA) is 87.8 Å². The first kappa shape index (κ1) is 15.5. The molecule has 0 aliphatic heterocycles. The van der Waals surface area contributed by atoms with Crippen LogP contribution in [0.25, 0.3) is 0 Å². The lowest BCUT2D eigenvalue weighted by atomic mass is 10.2. The van der Waals surface area contributed by atoms with Gasteiger partial charge in [0.2, 0.25) is 10.0 Å². The number of hydrogen-bond donors (Lipinski definition) is 1. The van der Waals surface area contributed by atoms with Crippen molar-refractivity contribution < 1.29 is 8.42 Å². The summed E-state index contributed by atoms with van der Waals surface area (Å²) in [7, 11) is -1.95. The fourth-order valence-electron chi connectivity index (χ4n) is 1.79. The van der Waals surface area contributed by atoms with E-state index in [4.69, 9.17) is 16.9 Å². The molecule has 21 heavy (non-hydrogen) atoms. The van der Waals surface area contributed by atoms with Crippen LogP contribution in [0.3, 0.4) is 0 Å². The van der Waals surface area contributed by atoms with Crippen molar-refractivity contribution in [1.82, 2.24) is 14.5 Å². The molecule has 0 unspecified atom stereocenters. The number of aromatic nitrogens is 2. The Labute approximate surface area is 128 Å². The highest BCUT2D eigenvalue weighted by Gasteiger charge is 2.18. The summed E-state index contributed by atoms with van der Waals surface area (Å²) in [5, 5.41) is 12.9. The summed E-state index contributed by atoms with van der Waals surface area (Å²) >= 11 is 5.90. The quantitative estimate of drug-likeness (QED) is 0.902. The highest BCUT2D eigenvalue weighted by molar-refractivity contribution is 7.89. The summed E-state index contributed by atoms with van der Waals surface area (Å²) in [6, 6.07) is 6.02. The summed E-state index contributed by atoms with van der Waals surface area (Å²) in [5.74, 6) is 0. The molecule has 0 radical (unpaired) electrons. The average molecular weight is 325 g/mol. The van der Waals surface area contributed by atoms with Gasteiger partial charge in [0.25, 0.3) is 0 Å². The highest BCUT2D eigenvalue weighted by Crippen LogP contribution is 2.22. The van der Waals surface area contributed by atoms with E-state index in [1.54, 1.807) is 17.9 Å². The van der Waals surface area contributed by atoms with E-state index in [1.165, 1.54) is 18.2 Å². The number of benzene rings is 1. The highest BCUT2D eigenvalue weighted by atomic mass is 35.5. The lowest BCUT2D eigenvalue weighted by Gasteiger charge is -2.08. The molecule has 0 amide bonds. The predicted molar refractivity (Wildman–Crippen MR) is 78.3 cm³/mol. The third-order valence-electron chi connectivity index (χ3n) is 2.81. The maximum atomic E-state index is 12.2. The minimum absolute atomic E-state index is 0.0860. The van der Waals surface area contributed by atoms with Gasteiger partial charge in [0.15, 0.2) is 0 Å². The molecule has 0 fully saturated rings. The van der Waals surface area contributed by atoms with E-state index in [0.29, 0.717) is 6.42 Å². The first-order valence-corrected chi connectivity index (χ1v) is 7.95. The summed E-state index contributed by atoms with van der Waals surface area (Å²) in [6.07, 6.45) is 4.01. The standard InChI is InChI=1S/C13H13ClN4O2S/c1-18-9-11(8-16-18)4-5-17-21(19,20)13-6-10(7-15)2-3-12(13)14/h2-3,6,8-9,17H,4-5H2,1H3. The van der Waals surface area contributed by atoms with Gasteiger partial charge in [-0.1, -0.05) is 11.6 Å². The molecule has 1 aromatic heterocycles. The van der Waals surface area contributed by atoms with E-state index >= 15 is 0 Å². The number of sulfonamides is 1. The van der Waals surface area contributed by atoms with Crippen LogP contribution in [0, 0.1) is 11.3 Å². The number of nitriles is 1. The Balaban J connectivity index is 2.10. The molecule has 2 aromatic rings. The van der Waals surface area contributed by atoms with Gasteiger partial charge in [-0.3, -0.25) is 4.68 Å². The van der Waals surface area contributed by atoms with Crippen molar-refractivity contribution in [3.8, 4) is 6.07 Å². The fourth-order valence-corrected chi connectivity index (χ4v) is 3.34. The number of hydrogen-bond acceptors (Lipinski definition) is 4. The van der Waals surface area contributed by atoms with Gasteiger partial charge in [-0.2, -0.15) is 10.4 Å². The van der Waals surface area contributed by atoms with Gasteiger partial charge in [-0.15, -0.1) is 0 Å². The zero-order valence-corrected chi connectivity index (χ0v) is 12.8. The summed E-state index contributed by atoms with van der Waals surface area (Å²) < 4.78 is 28.5. The number of nitrogens with zero attached hydrogens (tertiary/aromatic N) is 3. The van der Waals surface area contributed by atoms with E-state index in [1.807, 2.05) is 12.3 Å². The largest absolute Gasteiger partial charge is 0.276 e. The van der Waals surface area contributed by atoms with Crippen LogP contribution in [-0.4, -0.2) is 24.7 Å². The van der Waals surface area contributed by atoms with Gasteiger partial charge in [0, 0.05) is 19.8 Å². The van der Waals surface area contributed by atoms with Crippen molar-refractivity contribution in [2.75, 3.05) is 6.54 Å². The fraction of sp³-hybridized carbons (Fsp3) is 0.231. The lowest BCUT2D eigenvalue weighted by Crippen LogP contribution is -2.26. The van der Waals surface area contributed by atoms with E-state index in [2.05, 4.69) is 9.82 Å². The Kier molecular flexibility index (Phi) is 4.63. The smallest absolute Gasteiger partial charge is 0.242 e. The Morgan fingerprint density at radius 1 is 1.48 bits per heavy atom. The summed E-state index contributed by atoms with van der Waals surface area (Å²) in [6.45, 7) is 0.223. The van der Waals surface area contributed by atoms with Gasteiger partial charge in [0.05, 0.1) is 22.9 Å². The molecule has 1 aromatic carbocycles. The normalized spacial score (nSPS) is 11.3. The van der Waals surface area contributed by atoms with E-state index in [0.717, 1.165) is 5.56 Å². The second-order valence-corrected chi connectivity index (χ2v) is 6.57. The monoisotopic (exact) mass is 324 g/mol. The van der Waals surface area contributed by atoms with E-state index < -0.39 is 10.0 Å². The average Bonchev–Trinajstić information content (AvgIpc) is 2.84. The molecule has 0 bridgehead atoms. The van der Waals surface area contributed by atoms with Crippen LogP contribution >= 0.6 is 11.6 Å². The predicted octanol–water partition coefficient (Wildman–Crippen LogP) is 1.47. The molecule has 2 rings (SSSR count). The van der Waals surface area contributed by atoms with Crippen molar-refractivity contribution in [3.05, 3.63) is 46.7 Å². The van der Waals surface area contributed by atoms with Crippen LogP contribution in [0.2, 0.25) is 5.02 Å². The molecular formula is C13H13ClN4O2S. The van der Waals surface area contributed by atoms with Crippen LogP contribution in [0.4, 0.5) is 0 Å². The number of halogens is 1. The van der Waals surface area contributed by atoms with Crippen molar-refractivity contribution in [3.63, 3.8) is 0 Å². The molecular weight excluding hydrogens is 312 g/mol. The maximum absolute atomic E-state index is 12.2. The molecule has 0 saturated heterocycles. The van der Waals surface area contributed by atoms with Crippen molar-refractivity contribution >= 4 is 21.6 Å². The minimum atomic E-state index is -3.75. The van der Waals surface area contributed by atoms with Gasteiger partial charge in [-0.25, -0.2) is 13.1 Å². The second kappa shape index (κ2) is 6.26. The minimum Gasteiger partial charge on any atom is -0.276 e. The Bertz CT molecular complexity index is 793. The molecule has 0 atom stereocenters. The molecule has 0 saturated carbocycles. The number of rotatable bonds is 5. The van der Waals surface area contributed by atoms with E-state index in [-0.39, 0.29) is 22.0 Å². The third kappa shape index (κ3) is 3.82. The molecule has 8 heteroatoms. The van der Waals surface area contributed by atoms with Gasteiger partial charge in [0.1, 0.15) is 4.90 Å². The third-order valence-corrected chi connectivity index (χ3v) is 4.76. The van der Waals surface area contributed by atoms with Crippen LogP contribution in [0.5, 0.6) is 0 Å². The maximum Gasteiger partial charge on any atom is 0.242 e. The Morgan fingerprint density at radius 2 is 2.24 bits per heavy atom. The van der Waals surface area contributed by atoms with Gasteiger partial charge < -0.3 is 0 Å². The van der Waals surface area contributed by atoms with Crippen LogP contribution in [-0.2, 0) is 23.5 Å². The first-order chi connectivity index (χ1) is 9.92. The lowest BCUT2D eigenvalue weighted by molar-refractivity contribution is 0.581. The van der Waals surface area contributed by atoms with Crippen molar-refractivity contribution in [2.45, 2.75) is 11.3 Å². The zero-order valence-electron chi connectivity index (χ0n) is 11.2. The molecule has 0 aliphatic rings. The molecule has 0 spiro atoms. The zero-order chi connectivity index (χ0) is 15.5. The van der Waals surface area contributed by atoms with E-state index in [9.17, 15) is 8.42 Å². The molecule has 0 aliphatic carbocycles. The second-order valence-electron chi connectivity index (χ2n) is 4.43. The SMILES string of the molecule is Cn1cc(CCNS(=O)(=O)c2cc(C#N)ccc2Cl)cn1. The molecule has 110 valence electrons. The molecule has 1 N–H and O–H groups in total. The van der Waals surface area contributed by atoms with Gasteiger partial charge in [-0.05, 0) is 30.2 Å². The number of nitrogens with one attached hydrogen (secondary N) is 1. The van der Waals surface area contributed by atoms with Crippen molar-refractivity contribution in [1.29, 1.82) is 5.26 Å². The van der Waals surface area contributed by atoms with Crippen LogP contribution in [0.15, 0.2) is 35.5 Å². The Hall–Kier alpha value is -1.88. The summed E-state index contributed by atoms with van der Waals surface area (Å²) in [5.41, 5.74) is 1.17. The Morgan fingerprint density at radius 3 is 2.86 bits per heavy atom. The van der Waals surface area contributed by atoms with Crippen molar-refractivity contribution in [2.24, 2.45) is 7.05 Å². The van der Waals surface area contributed by atoms with Gasteiger partial charge >= 0.3 is 0 Å². The molecule has 1 heterocycles. The summed E-state index contributed by atoms with van der Waals surface area (Å²) in [4.78, 5) is -0.0885. The molecule has 6 nitrogen and oxygen atoms in total. The van der Waals surface area contributed by atoms with Crippen LogP contribution < -0.4 is 4.72 Å². The van der Waals surface area contributed by atoms with Crippen LogP contribution in [0.1, 0.15) is 11.1 Å².